The number of halogens is 7. The molecule has 1 N–H and O–H groups in total. The molecule has 0 heterocycles. The van der Waals surface area contributed by atoms with E-state index in [1.165, 1.54) is 24.3 Å². The van der Waals surface area contributed by atoms with Crippen molar-refractivity contribution in [3.05, 3.63) is 96.7 Å². The van der Waals surface area contributed by atoms with Gasteiger partial charge in [0.25, 0.3) is 0 Å². The molecule has 1 fully saturated rings. The van der Waals surface area contributed by atoms with Gasteiger partial charge in [0.1, 0.15) is 10.2 Å². The molecule has 1 aliphatic carbocycles. The monoisotopic (exact) mass is 591 g/mol. The topological polar surface area (TPSA) is 46.2 Å². The summed E-state index contributed by atoms with van der Waals surface area (Å²) >= 11 is 37.3. The maximum absolute atomic E-state index is 13.4. The Hall–Kier alpha value is -1.53. The van der Waals surface area contributed by atoms with Gasteiger partial charge in [0, 0.05) is 23.6 Å². The van der Waals surface area contributed by atoms with Gasteiger partial charge >= 0.3 is 0 Å². The number of rotatable bonds is 6. The molecule has 1 saturated carbocycles. The summed E-state index contributed by atoms with van der Waals surface area (Å²) < 4.78 is 12.0. The minimum atomic E-state index is -1.38. The molecule has 0 spiro atoms. The Morgan fingerprint density at radius 2 is 1.60 bits per heavy atom. The number of hydrogen-bond acceptors (Lipinski definition) is 2. The average molecular weight is 594 g/mol. The van der Waals surface area contributed by atoms with Gasteiger partial charge in [-0.15, -0.1) is 23.2 Å². The van der Waals surface area contributed by atoms with Gasteiger partial charge in [-0.25, -0.2) is 4.39 Å². The first kappa shape index (κ1) is 26.5. The summed E-state index contributed by atoms with van der Waals surface area (Å²) in [7, 11) is 0. The molecule has 3 aromatic rings. The fourth-order valence-electron chi connectivity index (χ4n) is 3.98. The fourth-order valence-corrected chi connectivity index (χ4v) is 5.65. The van der Waals surface area contributed by atoms with Crippen molar-refractivity contribution in [2.45, 2.75) is 23.6 Å². The van der Waals surface area contributed by atoms with E-state index in [9.17, 15) is 14.0 Å². The molecule has 0 aliphatic heterocycles. The van der Waals surface area contributed by atoms with E-state index in [2.05, 4.69) is 5.32 Å². The van der Waals surface area contributed by atoms with Crippen LogP contribution in [0.4, 0.5) is 10.1 Å². The molecule has 3 nitrogen and oxygen atoms in total. The van der Waals surface area contributed by atoms with E-state index in [0.717, 1.165) is 0 Å². The number of carbonyl (C=O) groups excluding carboxylic acids is 2. The van der Waals surface area contributed by atoms with Crippen molar-refractivity contribution in [1.82, 2.24) is 0 Å². The first-order valence-corrected chi connectivity index (χ1v) is 12.6. The summed E-state index contributed by atoms with van der Waals surface area (Å²) in [5.41, 5.74) is 2.48. The lowest BCUT2D eigenvalue weighted by Crippen LogP contribution is -2.17. The third-order valence-corrected chi connectivity index (χ3v) is 8.36. The number of Topliss-reactive ketones (excluding diaryl/α,β-unsaturated/α-hetero) is 1. The van der Waals surface area contributed by atoms with E-state index < -0.39 is 22.1 Å². The SMILES string of the molecule is Cc1cc(F)ccc1CC(=O)c1cc(NC(=O)C2C(c3cc(Cl)c(Cl)c(Cl)c3)C2(Cl)Cl)ccc1Cl. The van der Waals surface area contributed by atoms with Crippen molar-refractivity contribution in [3.63, 3.8) is 0 Å². The third kappa shape index (κ3) is 5.44. The molecule has 0 radical (unpaired) electrons. The zero-order chi connectivity index (χ0) is 25.7. The van der Waals surface area contributed by atoms with E-state index in [1.54, 1.807) is 31.2 Å². The zero-order valence-electron chi connectivity index (χ0n) is 17.9. The molecular formula is C25H16Cl6FNO2. The minimum absolute atomic E-state index is 0.0263. The lowest BCUT2D eigenvalue weighted by atomic mass is 9.99. The lowest BCUT2D eigenvalue weighted by Gasteiger charge is -2.10. The van der Waals surface area contributed by atoms with Crippen molar-refractivity contribution in [2.24, 2.45) is 5.92 Å². The Morgan fingerprint density at radius 3 is 2.23 bits per heavy atom. The van der Waals surface area contributed by atoms with Crippen LogP contribution in [-0.2, 0) is 11.2 Å². The van der Waals surface area contributed by atoms with Crippen LogP contribution in [0.1, 0.15) is 33.0 Å². The number of benzene rings is 3. The van der Waals surface area contributed by atoms with Crippen molar-refractivity contribution in [3.8, 4) is 0 Å². The van der Waals surface area contributed by atoms with Gasteiger partial charge < -0.3 is 5.32 Å². The van der Waals surface area contributed by atoms with Crippen LogP contribution in [0.3, 0.4) is 0 Å². The van der Waals surface area contributed by atoms with Crippen LogP contribution in [0, 0.1) is 18.7 Å². The van der Waals surface area contributed by atoms with E-state index >= 15 is 0 Å². The molecular weight excluding hydrogens is 578 g/mol. The highest BCUT2D eigenvalue weighted by Gasteiger charge is 2.67. The number of ketones is 1. The van der Waals surface area contributed by atoms with Gasteiger partial charge in [0.05, 0.1) is 26.0 Å². The summed E-state index contributed by atoms with van der Waals surface area (Å²) in [4.78, 5) is 25.9. The molecule has 0 aromatic heterocycles. The predicted octanol–water partition coefficient (Wildman–Crippen LogP) is 8.70. The van der Waals surface area contributed by atoms with E-state index in [-0.39, 0.29) is 43.7 Å². The number of carbonyl (C=O) groups is 2. The quantitative estimate of drug-likeness (QED) is 0.176. The molecule has 0 bridgehead atoms. The largest absolute Gasteiger partial charge is 0.326 e. The van der Waals surface area contributed by atoms with Crippen molar-refractivity contribution < 1.29 is 14.0 Å². The van der Waals surface area contributed by atoms with Crippen LogP contribution >= 0.6 is 69.6 Å². The zero-order valence-corrected chi connectivity index (χ0v) is 22.5. The number of hydrogen-bond donors (Lipinski definition) is 1. The molecule has 1 amide bonds. The number of anilines is 1. The Kier molecular flexibility index (Phi) is 7.64. The highest BCUT2D eigenvalue weighted by Crippen LogP contribution is 2.65. The van der Waals surface area contributed by atoms with Gasteiger partial charge in [0.15, 0.2) is 5.78 Å². The van der Waals surface area contributed by atoms with Crippen molar-refractivity contribution >= 4 is 87.0 Å². The molecule has 2 atom stereocenters. The summed E-state index contributed by atoms with van der Waals surface area (Å²) in [5, 5.41) is 3.62. The van der Waals surface area contributed by atoms with Crippen molar-refractivity contribution in [2.75, 3.05) is 5.32 Å². The number of aryl methyl sites for hydroxylation is 1. The maximum Gasteiger partial charge on any atom is 0.231 e. The summed E-state index contributed by atoms with van der Waals surface area (Å²) in [6.45, 7) is 1.72. The highest BCUT2D eigenvalue weighted by atomic mass is 35.5. The molecule has 3 aromatic carbocycles. The van der Waals surface area contributed by atoms with Crippen LogP contribution in [0.25, 0.3) is 0 Å². The second kappa shape index (κ2) is 10.1. The Labute approximate surface area is 231 Å². The third-order valence-electron chi connectivity index (χ3n) is 5.89. The van der Waals surface area contributed by atoms with Crippen LogP contribution in [-0.4, -0.2) is 16.0 Å². The standard InChI is InChI=1S/C25H16Cl6FNO2/c1-11-6-14(32)3-2-12(11)9-20(34)16-10-15(4-5-17(16)26)33-24(35)22-21(25(22,30)31)13-7-18(27)23(29)19(28)8-13/h2-8,10,21-22H,9H2,1H3,(H,33,35). The van der Waals surface area contributed by atoms with Crippen LogP contribution in [0.15, 0.2) is 48.5 Å². The van der Waals surface area contributed by atoms with E-state index in [4.69, 9.17) is 69.6 Å². The van der Waals surface area contributed by atoms with Gasteiger partial charge in [0.2, 0.25) is 5.91 Å². The van der Waals surface area contributed by atoms with Gasteiger partial charge in [-0.2, -0.15) is 0 Å². The van der Waals surface area contributed by atoms with Crippen LogP contribution in [0.2, 0.25) is 20.1 Å². The fraction of sp³-hybridized carbons (Fsp3) is 0.200. The van der Waals surface area contributed by atoms with E-state index in [1.807, 2.05) is 0 Å². The molecule has 0 saturated heterocycles. The highest BCUT2D eigenvalue weighted by molar-refractivity contribution is 6.54. The normalized spacial score (nSPS) is 18.3. The number of nitrogens with one attached hydrogen (secondary N) is 1. The van der Waals surface area contributed by atoms with Gasteiger partial charge in [-0.1, -0.05) is 52.5 Å². The lowest BCUT2D eigenvalue weighted by molar-refractivity contribution is -0.117. The number of amides is 1. The molecule has 182 valence electrons. The first-order chi connectivity index (χ1) is 16.4. The molecule has 10 heteroatoms. The van der Waals surface area contributed by atoms with Gasteiger partial charge in [-0.3, -0.25) is 9.59 Å². The Bertz CT molecular complexity index is 1340. The molecule has 4 rings (SSSR count). The maximum atomic E-state index is 13.4. The summed E-state index contributed by atoms with van der Waals surface area (Å²) in [6, 6.07) is 11.9. The first-order valence-electron chi connectivity index (χ1n) is 10.3. The van der Waals surface area contributed by atoms with Crippen LogP contribution < -0.4 is 5.32 Å². The van der Waals surface area contributed by atoms with Crippen LogP contribution in [0.5, 0.6) is 0 Å². The van der Waals surface area contributed by atoms with Gasteiger partial charge in [-0.05, 0) is 66.1 Å². The summed E-state index contributed by atoms with van der Waals surface area (Å²) in [5.74, 6) is -2.46. The molecule has 2 unspecified atom stereocenters. The molecule has 1 aliphatic rings. The minimum Gasteiger partial charge on any atom is -0.326 e. The predicted molar refractivity (Wildman–Crippen MR) is 141 cm³/mol. The second-order valence-electron chi connectivity index (χ2n) is 8.28. The molecule has 35 heavy (non-hydrogen) atoms. The second-order valence-corrected chi connectivity index (χ2v) is 11.3. The van der Waals surface area contributed by atoms with Crippen molar-refractivity contribution in [1.29, 1.82) is 0 Å². The van der Waals surface area contributed by atoms with E-state index in [0.29, 0.717) is 22.4 Å². The Balaban J connectivity index is 1.52. The smallest absolute Gasteiger partial charge is 0.231 e. The average Bonchev–Trinajstić information content (AvgIpc) is 3.37. The number of alkyl halides is 2. The Morgan fingerprint density at radius 1 is 0.943 bits per heavy atom. The summed E-state index contributed by atoms with van der Waals surface area (Å²) in [6.07, 6.45) is 0.0263.